The van der Waals surface area contributed by atoms with E-state index in [0.29, 0.717) is 5.57 Å². The summed E-state index contributed by atoms with van der Waals surface area (Å²) in [6.07, 6.45) is 4.98. The van der Waals surface area contributed by atoms with Crippen LogP contribution in [0.2, 0.25) is 0 Å². The molecule has 1 aromatic heterocycles. The van der Waals surface area contributed by atoms with Crippen LogP contribution in [0.1, 0.15) is 11.1 Å². The third-order valence-corrected chi connectivity index (χ3v) is 2.29. The van der Waals surface area contributed by atoms with Gasteiger partial charge in [-0.15, -0.1) is 0 Å². The van der Waals surface area contributed by atoms with E-state index < -0.39 is 0 Å². The van der Waals surface area contributed by atoms with Gasteiger partial charge in [0.25, 0.3) is 0 Å². The van der Waals surface area contributed by atoms with Crippen LogP contribution in [-0.4, -0.2) is 4.98 Å². The minimum absolute atomic E-state index is 0.287. The Morgan fingerprint density at radius 3 is 2.35 bits per heavy atom. The lowest BCUT2D eigenvalue weighted by Gasteiger charge is -1.98. The molecule has 0 N–H and O–H groups in total. The van der Waals surface area contributed by atoms with E-state index in [1.165, 1.54) is 12.1 Å². The fourth-order valence-electron chi connectivity index (χ4n) is 1.44. The Kier molecular flexibility index (Phi) is 3.27. The average Bonchev–Trinajstić information content (AvgIpc) is 2.39. The van der Waals surface area contributed by atoms with E-state index in [-0.39, 0.29) is 5.82 Å². The van der Waals surface area contributed by atoms with Crippen LogP contribution in [0, 0.1) is 17.1 Å². The summed E-state index contributed by atoms with van der Waals surface area (Å²) in [5, 5.41) is 9.08. The maximum absolute atomic E-state index is 12.7. The summed E-state index contributed by atoms with van der Waals surface area (Å²) >= 11 is 0. The molecule has 17 heavy (non-hydrogen) atoms. The van der Waals surface area contributed by atoms with Crippen LogP contribution >= 0.6 is 0 Å². The first-order valence-corrected chi connectivity index (χ1v) is 5.07. The number of halogens is 1. The quantitative estimate of drug-likeness (QED) is 0.734. The zero-order valence-corrected chi connectivity index (χ0v) is 8.97. The lowest BCUT2D eigenvalue weighted by Crippen LogP contribution is -1.83. The second kappa shape index (κ2) is 5.04. The highest BCUT2D eigenvalue weighted by molar-refractivity contribution is 5.89. The molecule has 0 radical (unpaired) electrons. The molecule has 0 bridgehead atoms. The number of aromatic nitrogens is 1. The van der Waals surface area contributed by atoms with Crippen molar-refractivity contribution in [1.29, 1.82) is 5.26 Å². The van der Waals surface area contributed by atoms with E-state index >= 15 is 0 Å². The molecule has 3 heteroatoms. The van der Waals surface area contributed by atoms with E-state index in [1.54, 1.807) is 42.7 Å². The van der Waals surface area contributed by atoms with Gasteiger partial charge in [-0.2, -0.15) is 5.26 Å². The van der Waals surface area contributed by atoms with Gasteiger partial charge in [0, 0.05) is 12.4 Å². The molecule has 0 atom stereocenters. The van der Waals surface area contributed by atoms with Crippen molar-refractivity contribution in [3.63, 3.8) is 0 Å². The number of pyridine rings is 1. The van der Waals surface area contributed by atoms with Gasteiger partial charge in [-0.1, -0.05) is 12.1 Å². The zero-order valence-electron chi connectivity index (χ0n) is 8.97. The first-order chi connectivity index (χ1) is 8.29. The molecule has 0 saturated heterocycles. The fraction of sp³-hybridized carbons (Fsp3) is 0. The second-order valence-electron chi connectivity index (χ2n) is 3.46. The maximum atomic E-state index is 12.7. The van der Waals surface area contributed by atoms with Crippen molar-refractivity contribution in [2.75, 3.05) is 0 Å². The van der Waals surface area contributed by atoms with Crippen molar-refractivity contribution in [3.05, 3.63) is 65.7 Å². The van der Waals surface area contributed by atoms with Crippen LogP contribution in [0.15, 0.2) is 48.8 Å². The van der Waals surface area contributed by atoms with Crippen molar-refractivity contribution >= 4 is 11.6 Å². The summed E-state index contributed by atoms with van der Waals surface area (Å²) in [5.74, 6) is -0.287. The molecule has 0 aliphatic heterocycles. The molecule has 82 valence electrons. The maximum Gasteiger partial charge on any atom is 0.123 e. The standard InChI is InChI=1S/C14H9FN2/c15-14-3-1-11(2-4-14)9-13(10-16)12-5-7-17-8-6-12/h1-9H. The Hall–Kier alpha value is -2.47. The molecule has 2 nitrogen and oxygen atoms in total. The minimum atomic E-state index is -0.287. The van der Waals surface area contributed by atoms with Gasteiger partial charge >= 0.3 is 0 Å². The second-order valence-corrected chi connectivity index (χ2v) is 3.46. The topological polar surface area (TPSA) is 36.7 Å². The number of hydrogen-bond donors (Lipinski definition) is 0. The van der Waals surface area contributed by atoms with E-state index in [0.717, 1.165) is 11.1 Å². The first-order valence-electron chi connectivity index (χ1n) is 5.07. The molecule has 1 heterocycles. The number of benzene rings is 1. The highest BCUT2D eigenvalue weighted by Gasteiger charge is 2.00. The van der Waals surface area contributed by atoms with E-state index in [9.17, 15) is 4.39 Å². The summed E-state index contributed by atoms with van der Waals surface area (Å²) in [6, 6.07) is 11.6. The lowest BCUT2D eigenvalue weighted by atomic mass is 10.1. The van der Waals surface area contributed by atoms with Crippen molar-refractivity contribution < 1.29 is 4.39 Å². The Labute approximate surface area is 98.7 Å². The minimum Gasteiger partial charge on any atom is -0.265 e. The van der Waals surface area contributed by atoms with Gasteiger partial charge in [-0.25, -0.2) is 4.39 Å². The van der Waals surface area contributed by atoms with Crippen LogP contribution in [0.25, 0.3) is 11.6 Å². The van der Waals surface area contributed by atoms with Crippen LogP contribution in [0.5, 0.6) is 0 Å². The predicted octanol–water partition coefficient (Wildman–Crippen LogP) is 3.28. The number of hydrogen-bond acceptors (Lipinski definition) is 2. The first kappa shape index (κ1) is 11.0. The van der Waals surface area contributed by atoms with Gasteiger partial charge in [-0.3, -0.25) is 4.98 Å². The van der Waals surface area contributed by atoms with Crippen LogP contribution in [0.4, 0.5) is 4.39 Å². The van der Waals surface area contributed by atoms with E-state index in [4.69, 9.17) is 5.26 Å². The van der Waals surface area contributed by atoms with Gasteiger partial charge in [0.2, 0.25) is 0 Å². The van der Waals surface area contributed by atoms with Gasteiger partial charge in [0.15, 0.2) is 0 Å². The summed E-state index contributed by atoms with van der Waals surface area (Å²) in [5.41, 5.74) is 2.12. The number of nitrogens with zero attached hydrogens (tertiary/aromatic N) is 2. The van der Waals surface area contributed by atoms with Crippen molar-refractivity contribution in [2.45, 2.75) is 0 Å². The summed E-state index contributed by atoms with van der Waals surface area (Å²) in [6.45, 7) is 0. The Morgan fingerprint density at radius 2 is 1.76 bits per heavy atom. The zero-order chi connectivity index (χ0) is 12.1. The SMILES string of the molecule is N#CC(=Cc1ccc(F)cc1)c1ccncc1. The highest BCUT2D eigenvalue weighted by atomic mass is 19.1. The van der Waals surface area contributed by atoms with Gasteiger partial charge in [0.05, 0.1) is 11.6 Å². The summed E-state index contributed by atoms with van der Waals surface area (Å²) in [4.78, 5) is 3.89. The molecule has 2 aromatic rings. The number of nitriles is 1. The van der Waals surface area contributed by atoms with Gasteiger partial charge < -0.3 is 0 Å². The van der Waals surface area contributed by atoms with Crippen LogP contribution in [0.3, 0.4) is 0 Å². The highest BCUT2D eigenvalue weighted by Crippen LogP contribution is 2.16. The van der Waals surface area contributed by atoms with Gasteiger partial charge in [-0.05, 0) is 41.5 Å². The molecular weight excluding hydrogens is 215 g/mol. The molecule has 0 aliphatic rings. The lowest BCUT2D eigenvalue weighted by molar-refractivity contribution is 0.628. The van der Waals surface area contributed by atoms with E-state index in [1.807, 2.05) is 0 Å². The molecular formula is C14H9FN2. The molecule has 0 amide bonds. The van der Waals surface area contributed by atoms with Crippen LogP contribution in [-0.2, 0) is 0 Å². The van der Waals surface area contributed by atoms with E-state index in [2.05, 4.69) is 11.1 Å². The number of allylic oxidation sites excluding steroid dienone is 1. The monoisotopic (exact) mass is 224 g/mol. The molecule has 0 spiro atoms. The summed E-state index contributed by atoms with van der Waals surface area (Å²) < 4.78 is 12.7. The number of rotatable bonds is 2. The molecule has 0 fully saturated rings. The third kappa shape index (κ3) is 2.76. The molecule has 0 aliphatic carbocycles. The average molecular weight is 224 g/mol. The third-order valence-electron chi connectivity index (χ3n) is 2.29. The smallest absolute Gasteiger partial charge is 0.123 e. The molecule has 0 saturated carbocycles. The fourth-order valence-corrected chi connectivity index (χ4v) is 1.44. The predicted molar refractivity (Wildman–Crippen MR) is 64.1 cm³/mol. The normalized spacial score (nSPS) is 10.9. The Morgan fingerprint density at radius 1 is 1.12 bits per heavy atom. The van der Waals surface area contributed by atoms with Gasteiger partial charge in [0.1, 0.15) is 5.82 Å². The molecule has 2 rings (SSSR count). The van der Waals surface area contributed by atoms with Crippen molar-refractivity contribution in [2.24, 2.45) is 0 Å². The molecule has 1 aromatic carbocycles. The largest absolute Gasteiger partial charge is 0.265 e. The molecule has 0 unspecified atom stereocenters. The Balaban J connectivity index is 2.37. The summed E-state index contributed by atoms with van der Waals surface area (Å²) in [7, 11) is 0. The Bertz CT molecular complexity index is 565. The van der Waals surface area contributed by atoms with Crippen LogP contribution < -0.4 is 0 Å². The van der Waals surface area contributed by atoms with Crippen molar-refractivity contribution in [1.82, 2.24) is 4.98 Å². The van der Waals surface area contributed by atoms with Crippen molar-refractivity contribution in [3.8, 4) is 6.07 Å².